The van der Waals surface area contributed by atoms with Crippen molar-refractivity contribution in [2.24, 2.45) is 0 Å². The van der Waals surface area contributed by atoms with Crippen LogP contribution in [0, 0.1) is 0 Å². The number of carbonyl (C=O) groups excluding carboxylic acids is 1. The average Bonchev–Trinajstić information content (AvgIpc) is 3.15. The van der Waals surface area contributed by atoms with Gasteiger partial charge in [0, 0.05) is 6.42 Å². The minimum Gasteiger partial charge on any atom is -0.366 e. The van der Waals surface area contributed by atoms with Gasteiger partial charge in [0.1, 0.15) is 5.57 Å². The van der Waals surface area contributed by atoms with Crippen molar-refractivity contribution in [3.8, 4) is 0 Å². The molecule has 2 aliphatic rings. The first-order chi connectivity index (χ1) is 12.3. The monoisotopic (exact) mass is 365 g/mol. The number of hydrogen-bond acceptors (Lipinski definition) is 4. The highest BCUT2D eigenvalue weighted by Crippen LogP contribution is 2.43. The van der Waals surface area contributed by atoms with Crippen LogP contribution in [-0.2, 0) is 19.2 Å². The Balaban J connectivity index is 1.76. The van der Waals surface area contributed by atoms with Crippen LogP contribution in [0.3, 0.4) is 0 Å². The van der Waals surface area contributed by atoms with Gasteiger partial charge in [-0.3, -0.25) is 0 Å². The van der Waals surface area contributed by atoms with Crippen molar-refractivity contribution in [3.63, 3.8) is 0 Å². The number of cyclic esters (lactones) is 1. The Hall–Kier alpha value is -1.59. The van der Waals surface area contributed by atoms with E-state index in [0.29, 0.717) is 23.9 Å². The molecule has 0 spiro atoms. The van der Waals surface area contributed by atoms with Crippen molar-refractivity contribution < 1.29 is 24.0 Å². The Morgan fingerprint density at radius 3 is 2.65 bits per heavy atom. The maximum atomic E-state index is 9.74. The summed E-state index contributed by atoms with van der Waals surface area (Å²) in [5.74, 6) is 0.443. The van der Waals surface area contributed by atoms with Gasteiger partial charge in [-0.25, -0.2) is 0 Å². The zero-order valence-corrected chi connectivity index (χ0v) is 16.9. The molecule has 0 radical (unpaired) electrons. The molecule has 1 saturated heterocycles. The Kier molecular flexibility index (Phi) is 7.07. The van der Waals surface area contributed by atoms with E-state index < -0.39 is 0 Å². The van der Waals surface area contributed by atoms with Gasteiger partial charge in [-0.05, 0) is 60.3 Å². The van der Waals surface area contributed by atoms with Crippen LogP contribution in [0.1, 0.15) is 66.7 Å². The molecule has 0 saturated carbocycles. The number of ether oxygens (including phenoxy) is 2. The summed E-state index contributed by atoms with van der Waals surface area (Å²) >= 11 is 0. The first-order valence-electron chi connectivity index (χ1n) is 9.38. The third-order valence-electron chi connectivity index (χ3n) is 5.12. The molecule has 5 nitrogen and oxygen atoms in total. The van der Waals surface area contributed by atoms with Crippen molar-refractivity contribution in [3.05, 3.63) is 34.6 Å². The summed E-state index contributed by atoms with van der Waals surface area (Å²) in [6.07, 6.45) is 9.26. The van der Waals surface area contributed by atoms with Crippen LogP contribution in [-0.4, -0.2) is 35.7 Å². The van der Waals surface area contributed by atoms with Gasteiger partial charge in [-0.15, -0.1) is 0 Å². The van der Waals surface area contributed by atoms with Gasteiger partial charge in [0.15, 0.2) is 0 Å². The molecule has 26 heavy (non-hydrogen) atoms. The second kappa shape index (κ2) is 8.87. The fourth-order valence-corrected chi connectivity index (χ4v) is 3.28. The third kappa shape index (κ3) is 5.45. The number of hydrogen-bond donors (Lipinski definition) is 0. The molecule has 0 aliphatic carbocycles. The van der Waals surface area contributed by atoms with Gasteiger partial charge in [-0.1, -0.05) is 23.3 Å². The van der Waals surface area contributed by atoms with Crippen LogP contribution in [0.25, 0.3) is 0 Å². The first kappa shape index (κ1) is 20.7. The van der Waals surface area contributed by atoms with Gasteiger partial charge in [0.2, 0.25) is 5.76 Å². The molecule has 2 aliphatic heterocycles. The van der Waals surface area contributed by atoms with E-state index in [1.165, 1.54) is 18.3 Å². The first-order valence-corrected chi connectivity index (χ1v) is 9.38. The SMILES string of the molecule is COOC1=C(C)C(=[OH+])OC1C/C=C(\C)CCC1OC1(C)CCC=C(C)C. The smallest absolute Gasteiger partial charge is 0.366 e. The normalized spacial score (nSPS) is 28.2. The molecule has 0 amide bonds. The Bertz CT molecular complexity index is 612. The molecular formula is C21H33O5+. The van der Waals surface area contributed by atoms with Crippen LogP contribution in [0.5, 0.6) is 0 Å². The summed E-state index contributed by atoms with van der Waals surface area (Å²) in [6.45, 7) is 10.3. The summed E-state index contributed by atoms with van der Waals surface area (Å²) in [4.78, 5) is 19.6. The predicted octanol–water partition coefficient (Wildman–Crippen LogP) is 4.76. The minimum absolute atomic E-state index is 0.0425. The van der Waals surface area contributed by atoms with Gasteiger partial charge in [-0.2, -0.15) is 4.89 Å². The van der Waals surface area contributed by atoms with Gasteiger partial charge < -0.3 is 19.2 Å². The van der Waals surface area contributed by atoms with Crippen molar-refractivity contribution in [1.82, 2.24) is 0 Å². The molecule has 5 heteroatoms. The van der Waals surface area contributed by atoms with E-state index in [4.69, 9.17) is 19.2 Å². The van der Waals surface area contributed by atoms with Crippen molar-refractivity contribution >= 4 is 5.97 Å². The molecule has 0 aromatic carbocycles. The quantitative estimate of drug-likeness (QED) is 0.140. The predicted molar refractivity (Wildman–Crippen MR) is 102 cm³/mol. The van der Waals surface area contributed by atoms with Crippen molar-refractivity contribution in [2.75, 3.05) is 7.11 Å². The summed E-state index contributed by atoms with van der Waals surface area (Å²) in [5.41, 5.74) is 3.28. The summed E-state index contributed by atoms with van der Waals surface area (Å²) in [5, 5.41) is 0. The van der Waals surface area contributed by atoms with E-state index in [1.54, 1.807) is 6.92 Å². The summed E-state index contributed by atoms with van der Waals surface area (Å²) in [7, 11) is 1.44. The van der Waals surface area contributed by atoms with Crippen LogP contribution in [0.4, 0.5) is 0 Å². The van der Waals surface area contributed by atoms with E-state index in [9.17, 15) is 4.79 Å². The number of allylic oxidation sites excluding steroid dienone is 3. The summed E-state index contributed by atoms with van der Waals surface area (Å²) < 4.78 is 11.4. The van der Waals surface area contributed by atoms with Gasteiger partial charge >= 0.3 is 5.97 Å². The molecule has 2 heterocycles. The molecule has 3 unspecified atom stereocenters. The Morgan fingerprint density at radius 2 is 2.00 bits per heavy atom. The van der Waals surface area contributed by atoms with Crippen LogP contribution >= 0.6 is 0 Å². The average molecular weight is 365 g/mol. The maximum Gasteiger partial charge on any atom is 0.517 e. The number of epoxide rings is 1. The lowest BCUT2D eigenvalue weighted by Crippen LogP contribution is -2.13. The second-order valence-corrected chi connectivity index (χ2v) is 7.72. The fraction of sp³-hybridized carbons (Fsp3) is 0.667. The van der Waals surface area contributed by atoms with E-state index in [1.807, 2.05) is 0 Å². The lowest BCUT2D eigenvalue weighted by molar-refractivity contribution is -0.245. The highest BCUT2D eigenvalue weighted by molar-refractivity contribution is 5.92. The van der Waals surface area contributed by atoms with Gasteiger partial charge in [0.25, 0.3) is 6.10 Å². The summed E-state index contributed by atoms with van der Waals surface area (Å²) in [6, 6.07) is 0. The van der Waals surface area contributed by atoms with Crippen molar-refractivity contribution in [1.29, 1.82) is 0 Å². The zero-order chi connectivity index (χ0) is 19.3. The van der Waals surface area contributed by atoms with Crippen LogP contribution in [0.2, 0.25) is 0 Å². The molecular weight excluding hydrogens is 332 g/mol. The Labute approximate surface area is 157 Å². The van der Waals surface area contributed by atoms with Crippen molar-refractivity contribution in [2.45, 2.75) is 84.5 Å². The third-order valence-corrected chi connectivity index (χ3v) is 5.12. The minimum atomic E-state index is -0.337. The zero-order valence-electron chi connectivity index (χ0n) is 16.9. The topological polar surface area (TPSA) is 61.6 Å². The number of esters is 1. The molecule has 0 aromatic rings. The lowest BCUT2D eigenvalue weighted by Gasteiger charge is -2.07. The molecule has 1 N–H and O–H groups in total. The molecule has 0 aromatic heterocycles. The maximum absolute atomic E-state index is 9.74. The van der Waals surface area contributed by atoms with Gasteiger partial charge in [0.05, 0.1) is 18.8 Å². The van der Waals surface area contributed by atoms with E-state index in [0.717, 1.165) is 25.7 Å². The van der Waals surface area contributed by atoms with E-state index >= 15 is 0 Å². The molecule has 1 fully saturated rings. The highest BCUT2D eigenvalue weighted by atomic mass is 17.2. The molecule has 3 atom stereocenters. The highest BCUT2D eigenvalue weighted by Gasteiger charge is 2.50. The van der Waals surface area contributed by atoms with E-state index in [2.05, 4.69) is 39.8 Å². The molecule has 2 rings (SSSR count). The lowest BCUT2D eigenvalue weighted by atomic mass is 9.96. The largest absolute Gasteiger partial charge is 0.517 e. The number of rotatable bonds is 10. The van der Waals surface area contributed by atoms with Crippen LogP contribution in [0.15, 0.2) is 34.6 Å². The van der Waals surface area contributed by atoms with Crippen LogP contribution < -0.4 is 0 Å². The fourth-order valence-electron chi connectivity index (χ4n) is 3.28. The molecule has 0 bridgehead atoms. The van der Waals surface area contributed by atoms with E-state index in [-0.39, 0.29) is 17.7 Å². The standard InChI is InChI=1S/C21H32O5/c1-14(2)8-7-13-21(5)18(25-21)12-10-15(3)9-11-17-19(26-23-6)16(4)20(22)24-17/h8-9,17-18H,7,10-13H2,1-6H3/p+1/b15-9+. The Morgan fingerprint density at radius 1 is 1.27 bits per heavy atom. The second-order valence-electron chi connectivity index (χ2n) is 7.72. The molecule has 146 valence electrons.